The molecular weight excluding hydrogens is 310 g/mol. The van der Waals surface area contributed by atoms with E-state index in [9.17, 15) is 9.59 Å². The maximum atomic E-state index is 12.8. The summed E-state index contributed by atoms with van der Waals surface area (Å²) < 4.78 is 16.4. The molecular formula is C18H29NO5. The Morgan fingerprint density at radius 1 is 1.12 bits per heavy atom. The average molecular weight is 339 g/mol. The minimum absolute atomic E-state index is 0.0254. The van der Waals surface area contributed by atoms with Gasteiger partial charge in [0.15, 0.2) is 0 Å². The second kappa shape index (κ2) is 6.39. The Bertz CT molecular complexity index is 512. The Morgan fingerprint density at radius 3 is 2.08 bits per heavy atom. The zero-order chi connectivity index (χ0) is 18.3. The van der Waals surface area contributed by atoms with Gasteiger partial charge in [-0.3, -0.25) is 4.90 Å². The first-order valence-corrected chi connectivity index (χ1v) is 8.41. The molecule has 2 aliphatic heterocycles. The van der Waals surface area contributed by atoms with Crippen molar-refractivity contribution in [1.82, 2.24) is 4.90 Å². The van der Waals surface area contributed by atoms with Crippen LogP contribution in [0, 0.1) is 5.92 Å². The van der Waals surface area contributed by atoms with Crippen LogP contribution >= 0.6 is 0 Å². The maximum Gasteiger partial charge on any atom is 0.411 e. The lowest BCUT2D eigenvalue weighted by Crippen LogP contribution is -2.50. The third-order valence-corrected chi connectivity index (χ3v) is 3.92. The SMILES string of the molecule is C=C[C@@H]1C[C@@H](C(=O)OC(C)(C)C)N(C(=O)OC(C)(C)C)[C@@H]1C1CO1. The molecule has 0 aliphatic carbocycles. The molecule has 136 valence electrons. The summed E-state index contributed by atoms with van der Waals surface area (Å²) in [6.07, 6.45) is 1.67. The van der Waals surface area contributed by atoms with Crippen molar-refractivity contribution in [2.75, 3.05) is 6.61 Å². The molecule has 4 atom stereocenters. The van der Waals surface area contributed by atoms with E-state index in [0.717, 1.165) is 0 Å². The predicted octanol–water partition coefficient (Wildman–Crippen LogP) is 2.91. The molecule has 0 radical (unpaired) electrons. The molecule has 0 aromatic carbocycles. The van der Waals surface area contributed by atoms with Gasteiger partial charge in [-0.1, -0.05) is 6.08 Å². The van der Waals surface area contributed by atoms with Crippen molar-refractivity contribution in [2.24, 2.45) is 5.92 Å². The summed E-state index contributed by atoms with van der Waals surface area (Å²) in [5, 5.41) is 0. The molecule has 2 saturated heterocycles. The van der Waals surface area contributed by atoms with E-state index in [1.807, 2.05) is 20.8 Å². The first-order valence-electron chi connectivity index (χ1n) is 8.41. The Morgan fingerprint density at radius 2 is 1.67 bits per heavy atom. The number of ether oxygens (including phenoxy) is 3. The molecule has 6 heteroatoms. The third kappa shape index (κ3) is 4.50. The van der Waals surface area contributed by atoms with Crippen LogP contribution in [0.15, 0.2) is 12.7 Å². The van der Waals surface area contributed by atoms with Gasteiger partial charge in [-0.05, 0) is 48.0 Å². The lowest BCUT2D eigenvalue weighted by molar-refractivity contribution is -0.160. The highest BCUT2D eigenvalue weighted by Gasteiger charge is 2.54. The predicted molar refractivity (Wildman–Crippen MR) is 89.5 cm³/mol. The number of hydrogen-bond donors (Lipinski definition) is 0. The van der Waals surface area contributed by atoms with Gasteiger partial charge < -0.3 is 14.2 Å². The fourth-order valence-corrected chi connectivity index (χ4v) is 3.01. The molecule has 0 aromatic heterocycles. The van der Waals surface area contributed by atoms with Gasteiger partial charge >= 0.3 is 12.1 Å². The van der Waals surface area contributed by atoms with Gasteiger partial charge in [-0.15, -0.1) is 6.58 Å². The molecule has 0 bridgehead atoms. The minimum Gasteiger partial charge on any atom is -0.458 e. The topological polar surface area (TPSA) is 68.4 Å². The van der Waals surface area contributed by atoms with Crippen molar-refractivity contribution in [3.8, 4) is 0 Å². The van der Waals surface area contributed by atoms with Crippen molar-refractivity contribution in [1.29, 1.82) is 0 Å². The minimum atomic E-state index is -0.684. The number of carbonyl (C=O) groups is 2. The Labute approximate surface area is 144 Å². The van der Waals surface area contributed by atoms with E-state index in [1.54, 1.807) is 26.8 Å². The van der Waals surface area contributed by atoms with E-state index >= 15 is 0 Å². The number of carbonyl (C=O) groups excluding carboxylic acids is 2. The van der Waals surface area contributed by atoms with Gasteiger partial charge in [-0.25, -0.2) is 9.59 Å². The number of amides is 1. The first kappa shape index (κ1) is 18.8. The lowest BCUT2D eigenvalue weighted by atomic mass is 9.97. The van der Waals surface area contributed by atoms with Gasteiger partial charge in [0.25, 0.3) is 0 Å². The van der Waals surface area contributed by atoms with E-state index in [-0.39, 0.29) is 18.1 Å². The highest BCUT2D eigenvalue weighted by Crippen LogP contribution is 2.39. The fourth-order valence-electron chi connectivity index (χ4n) is 3.01. The summed E-state index contributed by atoms with van der Waals surface area (Å²) in [6, 6.07) is -0.925. The van der Waals surface area contributed by atoms with E-state index in [0.29, 0.717) is 13.0 Å². The van der Waals surface area contributed by atoms with Crippen molar-refractivity contribution < 1.29 is 23.8 Å². The zero-order valence-electron chi connectivity index (χ0n) is 15.5. The molecule has 2 fully saturated rings. The molecule has 1 unspecified atom stereocenters. The zero-order valence-corrected chi connectivity index (χ0v) is 15.5. The number of hydrogen-bond acceptors (Lipinski definition) is 5. The number of epoxide rings is 1. The summed E-state index contributed by atoms with van der Waals surface area (Å²) in [4.78, 5) is 26.9. The van der Waals surface area contributed by atoms with Crippen molar-refractivity contribution in [3.63, 3.8) is 0 Å². The molecule has 6 nitrogen and oxygen atoms in total. The molecule has 24 heavy (non-hydrogen) atoms. The lowest BCUT2D eigenvalue weighted by Gasteiger charge is -2.33. The second-order valence-electron chi connectivity index (χ2n) is 8.43. The smallest absolute Gasteiger partial charge is 0.411 e. The Balaban J connectivity index is 2.27. The average Bonchev–Trinajstić information content (AvgIpc) is 3.13. The monoisotopic (exact) mass is 339 g/mol. The van der Waals surface area contributed by atoms with E-state index in [2.05, 4.69) is 6.58 Å². The van der Waals surface area contributed by atoms with Crippen LogP contribution in [0.5, 0.6) is 0 Å². The van der Waals surface area contributed by atoms with Crippen LogP contribution in [0.1, 0.15) is 48.0 Å². The highest BCUT2D eigenvalue weighted by molar-refractivity contribution is 5.83. The van der Waals surface area contributed by atoms with Gasteiger partial charge in [0.2, 0.25) is 0 Å². The van der Waals surface area contributed by atoms with Crippen LogP contribution in [-0.4, -0.2) is 53.0 Å². The van der Waals surface area contributed by atoms with Crippen LogP contribution in [-0.2, 0) is 19.0 Å². The van der Waals surface area contributed by atoms with Crippen LogP contribution in [0.4, 0.5) is 4.79 Å². The van der Waals surface area contributed by atoms with Crippen LogP contribution in [0.2, 0.25) is 0 Å². The normalized spacial score (nSPS) is 30.0. The Kier molecular flexibility index (Phi) is 5.00. The Hall–Kier alpha value is -1.56. The first-order chi connectivity index (χ1) is 10.9. The van der Waals surface area contributed by atoms with E-state index in [4.69, 9.17) is 14.2 Å². The summed E-state index contributed by atoms with van der Waals surface area (Å²) in [6.45, 7) is 15.3. The van der Waals surface area contributed by atoms with Crippen LogP contribution in [0.25, 0.3) is 0 Å². The van der Waals surface area contributed by atoms with Gasteiger partial charge in [-0.2, -0.15) is 0 Å². The summed E-state index contributed by atoms with van der Waals surface area (Å²) >= 11 is 0. The standard InChI is InChI=1S/C18H29NO5/c1-8-11-9-12(15(20)23-17(2,3)4)19(14(11)13-10-22-13)16(21)24-18(5,6)7/h8,11-14H,1,9-10H2,2-7H3/t11-,12+,13?,14+/m1/s1. The highest BCUT2D eigenvalue weighted by atomic mass is 16.6. The quantitative estimate of drug-likeness (QED) is 0.449. The van der Waals surface area contributed by atoms with Crippen molar-refractivity contribution >= 4 is 12.1 Å². The van der Waals surface area contributed by atoms with E-state index in [1.165, 1.54) is 4.90 Å². The van der Waals surface area contributed by atoms with Crippen LogP contribution < -0.4 is 0 Å². The molecule has 0 spiro atoms. The summed E-state index contributed by atoms with van der Waals surface area (Å²) in [5.41, 5.74) is -1.26. The molecule has 0 aromatic rings. The third-order valence-electron chi connectivity index (χ3n) is 3.92. The van der Waals surface area contributed by atoms with Crippen molar-refractivity contribution in [3.05, 3.63) is 12.7 Å². The summed E-state index contributed by atoms with van der Waals surface area (Å²) in [7, 11) is 0. The molecule has 2 heterocycles. The van der Waals surface area contributed by atoms with Crippen LogP contribution in [0.3, 0.4) is 0 Å². The molecule has 0 saturated carbocycles. The van der Waals surface area contributed by atoms with Gasteiger partial charge in [0.05, 0.1) is 12.6 Å². The maximum absolute atomic E-state index is 12.8. The summed E-state index contributed by atoms with van der Waals surface area (Å²) in [5.74, 6) is -0.439. The molecule has 2 aliphatic rings. The fraction of sp³-hybridized carbons (Fsp3) is 0.778. The van der Waals surface area contributed by atoms with Gasteiger partial charge in [0.1, 0.15) is 23.3 Å². The largest absolute Gasteiger partial charge is 0.458 e. The van der Waals surface area contributed by atoms with Gasteiger partial charge in [0, 0.05) is 5.92 Å². The number of nitrogens with zero attached hydrogens (tertiary/aromatic N) is 1. The molecule has 0 N–H and O–H groups in total. The molecule has 2 rings (SSSR count). The molecule has 1 amide bonds. The van der Waals surface area contributed by atoms with E-state index < -0.39 is 29.3 Å². The second-order valence-corrected chi connectivity index (χ2v) is 8.43. The van der Waals surface area contributed by atoms with Crippen molar-refractivity contribution in [2.45, 2.75) is 77.4 Å². The number of rotatable bonds is 3. The number of likely N-dealkylation sites (tertiary alicyclic amines) is 1. The number of esters is 1.